The number of ether oxygens (including phenoxy) is 1. The van der Waals surface area contributed by atoms with Crippen LogP contribution < -0.4 is 34.3 Å². The maximum absolute atomic E-state index is 11.9. The summed E-state index contributed by atoms with van der Waals surface area (Å²) in [7, 11) is -4.65. The van der Waals surface area contributed by atoms with Crippen LogP contribution in [0.3, 0.4) is 0 Å². The van der Waals surface area contributed by atoms with Gasteiger partial charge in [0.1, 0.15) is 15.9 Å². The third-order valence-corrected chi connectivity index (χ3v) is 5.70. The number of benzene rings is 1. The molecule has 0 aliphatic heterocycles. The first-order valence-corrected chi connectivity index (χ1v) is 12.1. The van der Waals surface area contributed by atoms with Crippen LogP contribution in [0.2, 0.25) is 0 Å². The molecule has 1 rings (SSSR count). The first kappa shape index (κ1) is 28.6. The molecular formula is C22H35NaO5S. The third kappa shape index (κ3) is 14.3. The minimum Gasteiger partial charge on any atom is -0.744 e. The summed E-state index contributed by atoms with van der Waals surface area (Å²) in [5.41, 5.74) is 0. The van der Waals surface area contributed by atoms with Crippen LogP contribution in [-0.2, 0) is 14.9 Å². The van der Waals surface area contributed by atoms with Crippen molar-refractivity contribution in [3.63, 3.8) is 0 Å². The summed E-state index contributed by atoms with van der Waals surface area (Å²) in [5.74, 6) is -0.684. The number of para-hydroxylation sites is 1. The maximum atomic E-state index is 11.9. The predicted octanol–water partition coefficient (Wildman–Crippen LogP) is 2.98. The van der Waals surface area contributed by atoms with Gasteiger partial charge in [-0.25, -0.2) is 8.42 Å². The smallest absolute Gasteiger partial charge is 0.744 e. The second-order valence-electron chi connectivity index (χ2n) is 7.37. The van der Waals surface area contributed by atoms with Crippen molar-refractivity contribution < 1.29 is 52.1 Å². The minimum absolute atomic E-state index is 0. The molecule has 0 spiro atoms. The molecule has 0 saturated heterocycles. The molecule has 29 heavy (non-hydrogen) atoms. The van der Waals surface area contributed by atoms with Gasteiger partial charge < -0.3 is 9.29 Å². The van der Waals surface area contributed by atoms with E-state index in [4.69, 9.17) is 4.74 Å². The minimum atomic E-state index is -4.65. The zero-order valence-electron chi connectivity index (χ0n) is 18.2. The van der Waals surface area contributed by atoms with Crippen molar-refractivity contribution >= 4 is 16.1 Å². The maximum Gasteiger partial charge on any atom is 1.00 e. The van der Waals surface area contributed by atoms with Gasteiger partial charge in [0, 0.05) is 6.42 Å². The second kappa shape index (κ2) is 17.3. The molecule has 0 atom stereocenters. The monoisotopic (exact) mass is 434 g/mol. The Balaban J connectivity index is 0.00000784. The van der Waals surface area contributed by atoms with E-state index in [-0.39, 0.29) is 41.7 Å². The fraction of sp³-hybridized carbons (Fsp3) is 0.682. The fourth-order valence-electron chi connectivity index (χ4n) is 3.20. The van der Waals surface area contributed by atoms with Crippen molar-refractivity contribution in [3.8, 4) is 5.75 Å². The number of rotatable bonds is 16. The molecule has 0 aliphatic carbocycles. The van der Waals surface area contributed by atoms with Gasteiger partial charge in [0.25, 0.3) is 0 Å². The zero-order chi connectivity index (χ0) is 20.7. The van der Waals surface area contributed by atoms with E-state index in [1.54, 1.807) is 0 Å². The molecule has 0 bridgehead atoms. The van der Waals surface area contributed by atoms with E-state index in [1.165, 1.54) is 82.4 Å². The summed E-state index contributed by atoms with van der Waals surface area (Å²) in [6, 6.07) is 5.43. The van der Waals surface area contributed by atoms with Crippen molar-refractivity contribution in [1.29, 1.82) is 0 Å². The Bertz CT molecular complexity index is 661. The van der Waals surface area contributed by atoms with Crippen molar-refractivity contribution in [2.24, 2.45) is 0 Å². The Morgan fingerprint density at radius 2 is 1.28 bits per heavy atom. The van der Waals surface area contributed by atoms with E-state index in [0.29, 0.717) is 6.42 Å². The molecule has 0 heterocycles. The van der Waals surface area contributed by atoms with Crippen LogP contribution in [0.5, 0.6) is 5.75 Å². The quantitative estimate of drug-likeness (QED) is 0.131. The van der Waals surface area contributed by atoms with Crippen LogP contribution in [-0.4, -0.2) is 18.9 Å². The first-order valence-electron chi connectivity index (χ1n) is 10.7. The molecule has 1 aromatic carbocycles. The Labute approximate surface area is 199 Å². The van der Waals surface area contributed by atoms with Gasteiger partial charge in [-0.05, 0) is 18.6 Å². The standard InChI is InChI=1S/C22H36O5S.Na/c1-2-3-4-5-6-7-8-9-10-11-12-13-14-19-22(23)27-20-17-15-16-18-21(20)28(24,25)26;/h15-18H,2-14,19H2,1H3,(H,24,25,26);/q;+1/p-1. The van der Waals surface area contributed by atoms with Crippen molar-refractivity contribution in [1.82, 2.24) is 0 Å². The van der Waals surface area contributed by atoms with Crippen LogP contribution >= 0.6 is 0 Å². The molecule has 0 radical (unpaired) electrons. The van der Waals surface area contributed by atoms with E-state index in [1.807, 2.05) is 0 Å². The molecule has 1 aromatic rings. The molecule has 7 heteroatoms. The largest absolute Gasteiger partial charge is 1.00 e. The summed E-state index contributed by atoms with van der Waals surface area (Å²) in [5, 5.41) is 0. The second-order valence-corrected chi connectivity index (χ2v) is 8.72. The van der Waals surface area contributed by atoms with E-state index in [9.17, 15) is 17.8 Å². The summed E-state index contributed by atoms with van der Waals surface area (Å²) in [6.45, 7) is 2.24. The zero-order valence-corrected chi connectivity index (χ0v) is 21.0. The molecule has 0 fully saturated rings. The summed E-state index contributed by atoms with van der Waals surface area (Å²) < 4.78 is 38.6. The molecule has 0 amide bonds. The van der Waals surface area contributed by atoms with Crippen LogP contribution in [0.15, 0.2) is 29.2 Å². The Hall–Kier alpha value is -0.400. The van der Waals surface area contributed by atoms with Crippen molar-refractivity contribution in [3.05, 3.63) is 24.3 Å². The number of carbonyl (C=O) groups is 1. The van der Waals surface area contributed by atoms with Gasteiger partial charge >= 0.3 is 35.5 Å². The van der Waals surface area contributed by atoms with Gasteiger partial charge in [-0.15, -0.1) is 0 Å². The van der Waals surface area contributed by atoms with Gasteiger partial charge in [0.2, 0.25) is 0 Å². The molecule has 0 saturated carbocycles. The van der Waals surface area contributed by atoms with Crippen LogP contribution in [0.4, 0.5) is 0 Å². The van der Waals surface area contributed by atoms with Crippen molar-refractivity contribution in [2.75, 3.05) is 0 Å². The molecule has 160 valence electrons. The molecule has 0 N–H and O–H groups in total. The Kier molecular flexibility index (Phi) is 17.1. The molecule has 0 aromatic heterocycles. The number of esters is 1. The van der Waals surface area contributed by atoms with Gasteiger partial charge in [0.15, 0.2) is 0 Å². The Morgan fingerprint density at radius 3 is 1.76 bits per heavy atom. The van der Waals surface area contributed by atoms with Crippen molar-refractivity contribution in [2.45, 2.75) is 102 Å². The first-order chi connectivity index (χ1) is 13.4. The van der Waals surface area contributed by atoms with E-state index >= 15 is 0 Å². The molecule has 0 aliphatic rings. The van der Waals surface area contributed by atoms with Gasteiger partial charge in [0.05, 0.1) is 4.90 Å². The van der Waals surface area contributed by atoms with Crippen LogP contribution in [0.25, 0.3) is 0 Å². The predicted molar refractivity (Wildman–Crippen MR) is 110 cm³/mol. The summed E-state index contributed by atoms with van der Waals surface area (Å²) in [4.78, 5) is 11.4. The molecular weight excluding hydrogens is 399 g/mol. The Morgan fingerprint density at radius 1 is 0.828 bits per heavy atom. The topological polar surface area (TPSA) is 83.5 Å². The van der Waals surface area contributed by atoms with Crippen LogP contribution in [0, 0.1) is 0 Å². The number of hydrogen-bond donors (Lipinski definition) is 0. The summed E-state index contributed by atoms with van der Waals surface area (Å²) >= 11 is 0. The number of hydrogen-bond acceptors (Lipinski definition) is 5. The number of carbonyl (C=O) groups excluding carboxylic acids is 1. The number of unbranched alkanes of at least 4 members (excludes halogenated alkanes) is 12. The average molecular weight is 435 g/mol. The normalized spacial score (nSPS) is 11.1. The van der Waals surface area contributed by atoms with E-state index < -0.39 is 21.0 Å². The molecule has 0 unspecified atom stereocenters. The average Bonchev–Trinajstić information content (AvgIpc) is 2.65. The van der Waals surface area contributed by atoms with Gasteiger partial charge in [-0.1, -0.05) is 96.1 Å². The molecule has 5 nitrogen and oxygen atoms in total. The van der Waals surface area contributed by atoms with E-state index in [0.717, 1.165) is 18.9 Å². The van der Waals surface area contributed by atoms with E-state index in [2.05, 4.69) is 6.92 Å². The fourth-order valence-corrected chi connectivity index (χ4v) is 3.80. The summed E-state index contributed by atoms with van der Waals surface area (Å²) in [6.07, 6.45) is 16.1. The third-order valence-electron chi connectivity index (χ3n) is 4.83. The van der Waals surface area contributed by atoms with Gasteiger partial charge in [-0.3, -0.25) is 4.79 Å². The van der Waals surface area contributed by atoms with Crippen LogP contribution in [0.1, 0.15) is 96.8 Å². The van der Waals surface area contributed by atoms with Gasteiger partial charge in [-0.2, -0.15) is 0 Å². The SMILES string of the molecule is CCCCCCCCCCCCCCCC(=O)Oc1ccccc1S(=O)(=O)[O-].[Na+].